The highest BCUT2D eigenvalue weighted by atomic mass is 35.5. The number of fused-ring (bicyclic) bond motifs is 1. The summed E-state index contributed by atoms with van der Waals surface area (Å²) in [5.74, 6) is -1.37. The number of rotatable bonds is 5. The molecule has 0 saturated carbocycles. The van der Waals surface area contributed by atoms with Gasteiger partial charge in [0, 0.05) is 0 Å². The molecule has 0 fully saturated rings. The molecule has 4 aromatic carbocycles. The van der Waals surface area contributed by atoms with Crippen LogP contribution >= 0.6 is 11.6 Å². The van der Waals surface area contributed by atoms with Crippen LogP contribution in [0.3, 0.4) is 0 Å². The fourth-order valence-corrected chi connectivity index (χ4v) is 3.70. The maximum Gasteiger partial charge on any atom is 0.416 e. The molecule has 0 saturated heterocycles. The second-order valence-corrected chi connectivity index (χ2v) is 8.21. The first-order chi connectivity index (χ1) is 17.7. The predicted octanol–water partition coefficient (Wildman–Crippen LogP) is 7.28. The van der Waals surface area contributed by atoms with Crippen LogP contribution in [0.5, 0.6) is 5.75 Å². The molecule has 0 bridgehead atoms. The van der Waals surface area contributed by atoms with Crippen molar-refractivity contribution in [3.8, 4) is 11.8 Å². The Labute approximate surface area is 214 Å². The van der Waals surface area contributed by atoms with Gasteiger partial charge in [0.25, 0.3) is 5.91 Å². The van der Waals surface area contributed by atoms with Gasteiger partial charge in [0.05, 0.1) is 21.8 Å². The standard InChI is InChI=1S/C28H16ClF3N2O3/c29-24-12-11-20(28(30,31)32)15-25(24)34-26(35)19(16-33)13-17-5-3-8-21(14-17)37-27(36)23-10-4-7-18-6-1-2-9-22(18)23/h1-15H,(H,34,35). The molecule has 9 heteroatoms. The Kier molecular flexibility index (Phi) is 7.27. The first-order valence-electron chi connectivity index (χ1n) is 10.8. The minimum absolute atomic E-state index is 0.124. The minimum Gasteiger partial charge on any atom is -0.423 e. The van der Waals surface area contributed by atoms with E-state index in [1.54, 1.807) is 36.4 Å². The van der Waals surface area contributed by atoms with Crippen LogP contribution in [0.4, 0.5) is 18.9 Å². The highest BCUT2D eigenvalue weighted by Gasteiger charge is 2.31. The Hall–Kier alpha value is -4.61. The van der Waals surface area contributed by atoms with E-state index in [1.807, 2.05) is 24.3 Å². The Bertz CT molecular complexity index is 1580. The van der Waals surface area contributed by atoms with Crippen molar-refractivity contribution in [1.82, 2.24) is 0 Å². The number of nitriles is 1. The number of ether oxygens (including phenoxy) is 1. The number of nitrogens with zero attached hydrogens (tertiary/aromatic N) is 1. The highest BCUT2D eigenvalue weighted by Crippen LogP contribution is 2.34. The molecular formula is C28H16ClF3N2O3. The van der Waals surface area contributed by atoms with Gasteiger partial charge in [-0.15, -0.1) is 0 Å². The van der Waals surface area contributed by atoms with Crippen LogP contribution < -0.4 is 10.1 Å². The first kappa shape index (κ1) is 25.5. The van der Waals surface area contributed by atoms with Crippen molar-refractivity contribution in [1.29, 1.82) is 5.26 Å². The first-order valence-corrected chi connectivity index (χ1v) is 11.1. The summed E-state index contributed by atoms with van der Waals surface area (Å²) in [4.78, 5) is 25.4. The van der Waals surface area contributed by atoms with Crippen molar-refractivity contribution >= 4 is 46.0 Å². The van der Waals surface area contributed by atoms with Gasteiger partial charge in [0.2, 0.25) is 0 Å². The van der Waals surface area contributed by atoms with E-state index in [0.29, 0.717) is 17.2 Å². The van der Waals surface area contributed by atoms with E-state index in [-0.39, 0.29) is 16.5 Å². The molecule has 1 amide bonds. The number of halogens is 4. The van der Waals surface area contributed by atoms with E-state index in [2.05, 4.69) is 5.32 Å². The molecule has 1 N–H and O–H groups in total. The quantitative estimate of drug-likeness (QED) is 0.130. The second-order valence-electron chi connectivity index (χ2n) is 7.81. The third-order valence-corrected chi connectivity index (χ3v) is 5.63. The summed E-state index contributed by atoms with van der Waals surface area (Å²) in [6, 6.07) is 22.9. The number of hydrogen-bond donors (Lipinski definition) is 1. The van der Waals surface area contributed by atoms with Crippen LogP contribution in [-0.2, 0) is 11.0 Å². The van der Waals surface area contributed by atoms with Gasteiger partial charge in [-0.1, -0.05) is 60.1 Å². The third kappa shape index (κ3) is 5.97. The Morgan fingerprint density at radius 2 is 1.68 bits per heavy atom. The number of nitrogens with one attached hydrogen (secondary N) is 1. The van der Waals surface area contributed by atoms with Gasteiger partial charge in [0.15, 0.2) is 0 Å². The number of alkyl halides is 3. The average Bonchev–Trinajstić information content (AvgIpc) is 2.87. The second kappa shape index (κ2) is 10.6. The third-order valence-electron chi connectivity index (χ3n) is 5.30. The summed E-state index contributed by atoms with van der Waals surface area (Å²) >= 11 is 5.92. The van der Waals surface area contributed by atoms with Crippen molar-refractivity contribution in [2.75, 3.05) is 5.32 Å². The lowest BCUT2D eigenvalue weighted by Crippen LogP contribution is -2.15. The van der Waals surface area contributed by atoms with E-state index in [1.165, 1.54) is 18.2 Å². The van der Waals surface area contributed by atoms with Crippen molar-refractivity contribution in [3.63, 3.8) is 0 Å². The van der Waals surface area contributed by atoms with Crippen LogP contribution in [0.25, 0.3) is 16.8 Å². The number of carbonyl (C=O) groups is 2. The van der Waals surface area contributed by atoms with E-state index < -0.39 is 29.2 Å². The summed E-state index contributed by atoms with van der Waals surface area (Å²) < 4.78 is 44.5. The number of amides is 1. The van der Waals surface area contributed by atoms with Gasteiger partial charge in [-0.3, -0.25) is 4.79 Å². The molecular weight excluding hydrogens is 505 g/mol. The fraction of sp³-hybridized carbons (Fsp3) is 0.0357. The van der Waals surface area contributed by atoms with E-state index in [0.717, 1.165) is 22.9 Å². The van der Waals surface area contributed by atoms with Gasteiger partial charge in [-0.25, -0.2) is 4.79 Å². The summed E-state index contributed by atoms with van der Waals surface area (Å²) in [6.07, 6.45) is -3.42. The van der Waals surface area contributed by atoms with Gasteiger partial charge in [0.1, 0.15) is 17.4 Å². The van der Waals surface area contributed by atoms with Crippen molar-refractivity contribution in [2.24, 2.45) is 0 Å². The van der Waals surface area contributed by atoms with Crippen LogP contribution in [0.15, 0.2) is 90.5 Å². The molecule has 0 aliphatic carbocycles. The van der Waals surface area contributed by atoms with Crippen molar-refractivity contribution < 1.29 is 27.5 Å². The molecule has 184 valence electrons. The maximum atomic E-state index is 13.0. The molecule has 4 rings (SSSR count). The average molecular weight is 521 g/mol. The van der Waals surface area contributed by atoms with Crippen molar-refractivity contribution in [3.05, 3.63) is 112 Å². The number of carbonyl (C=O) groups excluding carboxylic acids is 2. The topological polar surface area (TPSA) is 79.2 Å². The van der Waals surface area contributed by atoms with Crippen LogP contribution in [0.2, 0.25) is 5.02 Å². The van der Waals surface area contributed by atoms with E-state index in [9.17, 15) is 28.0 Å². The zero-order valence-electron chi connectivity index (χ0n) is 18.8. The Morgan fingerprint density at radius 1 is 0.946 bits per heavy atom. The number of esters is 1. The van der Waals surface area contributed by atoms with Crippen LogP contribution in [0, 0.1) is 11.3 Å². The summed E-state index contributed by atoms with van der Waals surface area (Å²) in [7, 11) is 0. The monoisotopic (exact) mass is 520 g/mol. The fourth-order valence-electron chi connectivity index (χ4n) is 3.54. The van der Waals surface area contributed by atoms with E-state index >= 15 is 0 Å². The largest absolute Gasteiger partial charge is 0.423 e. The minimum atomic E-state index is -4.64. The lowest BCUT2D eigenvalue weighted by Gasteiger charge is -2.11. The lowest BCUT2D eigenvalue weighted by atomic mass is 10.0. The number of anilines is 1. The molecule has 0 unspecified atom stereocenters. The molecule has 0 aliphatic heterocycles. The normalized spacial score (nSPS) is 11.6. The molecule has 0 atom stereocenters. The Balaban J connectivity index is 1.55. The van der Waals surface area contributed by atoms with Gasteiger partial charge in [-0.05, 0) is 58.8 Å². The SMILES string of the molecule is N#CC(=Cc1cccc(OC(=O)c2cccc3ccccc23)c1)C(=O)Nc1cc(C(F)(F)F)ccc1Cl. The summed E-state index contributed by atoms with van der Waals surface area (Å²) in [5, 5.41) is 13.2. The molecule has 4 aromatic rings. The lowest BCUT2D eigenvalue weighted by molar-refractivity contribution is -0.137. The maximum absolute atomic E-state index is 13.0. The molecule has 5 nitrogen and oxygen atoms in total. The summed E-state index contributed by atoms with van der Waals surface area (Å²) in [6.45, 7) is 0. The molecule has 0 aromatic heterocycles. The Morgan fingerprint density at radius 3 is 2.43 bits per heavy atom. The predicted molar refractivity (Wildman–Crippen MR) is 134 cm³/mol. The zero-order chi connectivity index (χ0) is 26.6. The molecule has 0 spiro atoms. The van der Waals surface area contributed by atoms with Crippen molar-refractivity contribution in [2.45, 2.75) is 6.18 Å². The highest BCUT2D eigenvalue weighted by molar-refractivity contribution is 6.34. The zero-order valence-corrected chi connectivity index (χ0v) is 19.6. The molecule has 0 radical (unpaired) electrons. The van der Waals surface area contributed by atoms with Gasteiger partial charge >= 0.3 is 12.1 Å². The van der Waals surface area contributed by atoms with Gasteiger partial charge in [-0.2, -0.15) is 18.4 Å². The smallest absolute Gasteiger partial charge is 0.416 e. The van der Waals surface area contributed by atoms with Crippen LogP contribution in [0.1, 0.15) is 21.5 Å². The molecule has 37 heavy (non-hydrogen) atoms. The van der Waals surface area contributed by atoms with Crippen LogP contribution in [-0.4, -0.2) is 11.9 Å². The van der Waals surface area contributed by atoms with E-state index in [4.69, 9.17) is 16.3 Å². The van der Waals surface area contributed by atoms with Gasteiger partial charge < -0.3 is 10.1 Å². The molecule has 0 aliphatic rings. The molecule has 0 heterocycles. The summed E-state index contributed by atoms with van der Waals surface area (Å²) in [5.41, 5.74) is -0.971. The number of hydrogen-bond acceptors (Lipinski definition) is 4. The number of benzene rings is 4.